The fourth-order valence-electron chi connectivity index (χ4n) is 3.62. The minimum absolute atomic E-state index is 0.0204. The van der Waals surface area contributed by atoms with Crippen molar-refractivity contribution in [3.05, 3.63) is 0 Å². The molecule has 0 radical (unpaired) electrons. The maximum absolute atomic E-state index is 11.9. The minimum Gasteiger partial charge on any atom is -0.462 e. The highest BCUT2D eigenvalue weighted by Crippen LogP contribution is 2.39. The van der Waals surface area contributed by atoms with E-state index < -0.39 is 0 Å². The molecule has 1 fully saturated rings. The molecule has 0 aliphatic carbocycles. The van der Waals surface area contributed by atoms with Crippen LogP contribution in [0.5, 0.6) is 0 Å². The summed E-state index contributed by atoms with van der Waals surface area (Å²) in [5.74, 6) is -0.246. The first-order valence-corrected chi connectivity index (χ1v) is 8.04. The van der Waals surface area contributed by atoms with Gasteiger partial charge >= 0.3 is 5.97 Å². The van der Waals surface area contributed by atoms with Crippen LogP contribution >= 0.6 is 0 Å². The lowest BCUT2D eigenvalue weighted by molar-refractivity contribution is -0.161. The SMILES string of the molecule is COCCN1C(C)(C)CC(OC(=O)CCC(C)=O)CC1(C)C. The molecule has 0 atom stereocenters. The number of nitrogens with zero attached hydrogens (tertiary/aromatic N) is 1. The van der Waals surface area contributed by atoms with Crippen LogP contribution in [0.3, 0.4) is 0 Å². The molecule has 1 aliphatic heterocycles. The largest absolute Gasteiger partial charge is 0.462 e. The lowest BCUT2D eigenvalue weighted by Crippen LogP contribution is -2.62. The zero-order chi connectivity index (χ0) is 17.0. The van der Waals surface area contributed by atoms with Gasteiger partial charge in [-0.15, -0.1) is 0 Å². The van der Waals surface area contributed by atoms with E-state index in [1.807, 2.05) is 0 Å². The Morgan fingerprint density at radius 1 is 1.09 bits per heavy atom. The van der Waals surface area contributed by atoms with Crippen LogP contribution in [0.4, 0.5) is 0 Å². The second-order valence-corrected chi connectivity index (χ2v) is 7.49. The van der Waals surface area contributed by atoms with Crippen LogP contribution in [0.2, 0.25) is 0 Å². The quantitative estimate of drug-likeness (QED) is 0.676. The van der Waals surface area contributed by atoms with E-state index in [1.165, 1.54) is 6.92 Å². The van der Waals surface area contributed by atoms with E-state index in [4.69, 9.17) is 9.47 Å². The van der Waals surface area contributed by atoms with Crippen LogP contribution in [0.1, 0.15) is 60.3 Å². The van der Waals surface area contributed by atoms with Crippen molar-refractivity contribution in [3.63, 3.8) is 0 Å². The number of hydrogen-bond acceptors (Lipinski definition) is 5. The third-order valence-corrected chi connectivity index (χ3v) is 4.41. The molecule has 5 nitrogen and oxygen atoms in total. The van der Waals surface area contributed by atoms with E-state index in [-0.39, 0.29) is 41.8 Å². The fourth-order valence-corrected chi connectivity index (χ4v) is 3.62. The number of hydrogen-bond donors (Lipinski definition) is 0. The number of likely N-dealkylation sites (tertiary alicyclic amines) is 1. The average molecular weight is 313 g/mol. The Bertz CT molecular complexity index is 385. The normalized spacial score (nSPS) is 21.5. The van der Waals surface area contributed by atoms with Gasteiger partial charge < -0.3 is 14.3 Å². The van der Waals surface area contributed by atoms with Gasteiger partial charge in [-0.3, -0.25) is 9.69 Å². The molecule has 5 heteroatoms. The van der Waals surface area contributed by atoms with Gasteiger partial charge in [0.15, 0.2) is 0 Å². The van der Waals surface area contributed by atoms with Gasteiger partial charge in [0.2, 0.25) is 0 Å². The fraction of sp³-hybridized carbons (Fsp3) is 0.882. The second-order valence-electron chi connectivity index (χ2n) is 7.49. The molecule has 0 saturated carbocycles. The van der Waals surface area contributed by atoms with Crippen molar-refractivity contribution in [2.45, 2.75) is 77.5 Å². The van der Waals surface area contributed by atoms with Crippen molar-refractivity contribution in [1.82, 2.24) is 4.90 Å². The van der Waals surface area contributed by atoms with Crippen LogP contribution in [0.25, 0.3) is 0 Å². The van der Waals surface area contributed by atoms with Crippen LogP contribution < -0.4 is 0 Å². The molecule has 0 unspecified atom stereocenters. The summed E-state index contributed by atoms with van der Waals surface area (Å²) < 4.78 is 10.8. The Hall–Kier alpha value is -0.940. The van der Waals surface area contributed by atoms with Crippen molar-refractivity contribution in [1.29, 1.82) is 0 Å². The Kier molecular flexibility index (Phi) is 6.56. The summed E-state index contributed by atoms with van der Waals surface area (Å²) in [6.07, 6.45) is 1.94. The highest BCUT2D eigenvalue weighted by atomic mass is 16.5. The molecule has 128 valence electrons. The number of ketones is 1. The molecule has 0 aromatic rings. The zero-order valence-electron chi connectivity index (χ0n) is 14.9. The standard InChI is InChI=1S/C17H31NO4/c1-13(19)7-8-15(20)22-14-11-16(2,3)18(9-10-21-6)17(4,5)12-14/h14H,7-12H2,1-6H3. The number of Topliss-reactive ketones (excluding diaryl/α,β-unsaturated/α-hetero) is 1. The maximum atomic E-state index is 11.9. The number of carbonyl (C=O) groups is 2. The van der Waals surface area contributed by atoms with Crippen LogP contribution in [-0.2, 0) is 19.1 Å². The van der Waals surface area contributed by atoms with Gasteiger partial charge in [-0.2, -0.15) is 0 Å². The second kappa shape index (κ2) is 7.55. The third kappa shape index (κ3) is 5.36. The van der Waals surface area contributed by atoms with Gasteiger partial charge in [0.25, 0.3) is 0 Å². The summed E-state index contributed by atoms with van der Waals surface area (Å²) in [4.78, 5) is 25.3. The number of carbonyl (C=O) groups excluding carboxylic acids is 2. The van der Waals surface area contributed by atoms with Crippen molar-refractivity contribution in [2.75, 3.05) is 20.3 Å². The Labute approximate surface area is 134 Å². The number of methoxy groups -OCH3 is 1. The predicted octanol–water partition coefficient (Wildman–Crippen LogP) is 2.57. The first kappa shape index (κ1) is 19.1. The third-order valence-electron chi connectivity index (χ3n) is 4.41. The average Bonchev–Trinajstić information content (AvgIpc) is 2.33. The van der Waals surface area contributed by atoms with Gasteiger partial charge in [-0.1, -0.05) is 0 Å². The molecule has 0 N–H and O–H groups in total. The van der Waals surface area contributed by atoms with Gasteiger partial charge in [-0.05, 0) is 34.6 Å². The first-order valence-electron chi connectivity index (χ1n) is 8.04. The monoisotopic (exact) mass is 313 g/mol. The molecule has 1 rings (SSSR count). The van der Waals surface area contributed by atoms with Crippen molar-refractivity contribution in [3.8, 4) is 0 Å². The maximum Gasteiger partial charge on any atom is 0.306 e. The molecule has 1 heterocycles. The lowest BCUT2D eigenvalue weighted by Gasteiger charge is -2.54. The predicted molar refractivity (Wildman–Crippen MR) is 85.8 cm³/mol. The molecular weight excluding hydrogens is 282 g/mol. The zero-order valence-corrected chi connectivity index (χ0v) is 14.9. The van der Waals surface area contributed by atoms with E-state index in [0.717, 1.165) is 19.4 Å². The Balaban J connectivity index is 2.67. The first-order chi connectivity index (χ1) is 10.1. The highest BCUT2D eigenvalue weighted by molar-refractivity contribution is 5.81. The summed E-state index contributed by atoms with van der Waals surface area (Å²) in [7, 11) is 1.71. The van der Waals surface area contributed by atoms with Crippen molar-refractivity contribution in [2.24, 2.45) is 0 Å². The number of ether oxygens (including phenoxy) is 2. The molecular formula is C17H31NO4. The molecule has 0 amide bonds. The number of rotatable bonds is 7. The summed E-state index contributed by atoms with van der Waals surface area (Å²) in [6.45, 7) is 11.8. The Morgan fingerprint density at radius 3 is 2.09 bits per heavy atom. The molecule has 0 aromatic heterocycles. The van der Waals surface area contributed by atoms with Crippen LogP contribution in [-0.4, -0.2) is 54.1 Å². The molecule has 0 aromatic carbocycles. The number of piperidine rings is 1. The summed E-state index contributed by atoms with van der Waals surface area (Å²) in [5.41, 5.74) is -0.127. The van der Waals surface area contributed by atoms with E-state index >= 15 is 0 Å². The van der Waals surface area contributed by atoms with Gasteiger partial charge in [0.1, 0.15) is 11.9 Å². The minimum atomic E-state index is -0.267. The summed E-state index contributed by atoms with van der Waals surface area (Å²) >= 11 is 0. The molecule has 1 saturated heterocycles. The van der Waals surface area contributed by atoms with Gasteiger partial charge in [0.05, 0.1) is 13.0 Å². The summed E-state index contributed by atoms with van der Waals surface area (Å²) in [6, 6.07) is 0. The summed E-state index contributed by atoms with van der Waals surface area (Å²) in [5, 5.41) is 0. The Morgan fingerprint density at radius 2 is 1.64 bits per heavy atom. The molecule has 0 bridgehead atoms. The van der Waals surface area contributed by atoms with E-state index in [9.17, 15) is 9.59 Å². The lowest BCUT2D eigenvalue weighted by atomic mass is 9.78. The topological polar surface area (TPSA) is 55.8 Å². The van der Waals surface area contributed by atoms with Crippen LogP contribution in [0, 0.1) is 0 Å². The van der Waals surface area contributed by atoms with Crippen LogP contribution in [0.15, 0.2) is 0 Å². The van der Waals surface area contributed by atoms with E-state index in [2.05, 4.69) is 32.6 Å². The van der Waals surface area contributed by atoms with Gasteiger partial charge in [0, 0.05) is 44.0 Å². The highest BCUT2D eigenvalue weighted by Gasteiger charge is 2.46. The smallest absolute Gasteiger partial charge is 0.306 e. The molecule has 1 aliphatic rings. The van der Waals surface area contributed by atoms with Gasteiger partial charge in [-0.25, -0.2) is 0 Å². The van der Waals surface area contributed by atoms with Crippen molar-refractivity contribution < 1.29 is 19.1 Å². The molecule has 0 spiro atoms. The van der Waals surface area contributed by atoms with E-state index in [1.54, 1.807) is 7.11 Å². The van der Waals surface area contributed by atoms with E-state index in [0.29, 0.717) is 6.61 Å². The van der Waals surface area contributed by atoms with Crippen molar-refractivity contribution >= 4 is 11.8 Å². The number of esters is 1. The molecule has 22 heavy (non-hydrogen) atoms.